The summed E-state index contributed by atoms with van der Waals surface area (Å²) in [5, 5.41) is 12.6. The predicted octanol–water partition coefficient (Wildman–Crippen LogP) is 7.02. The van der Waals surface area contributed by atoms with E-state index in [1.165, 1.54) is 16.2 Å². The number of aromatic nitrogens is 1. The zero-order valence-electron chi connectivity index (χ0n) is 19.1. The number of fused-ring (bicyclic) bond motifs is 1. The van der Waals surface area contributed by atoms with Gasteiger partial charge in [0.15, 0.2) is 5.13 Å². The van der Waals surface area contributed by atoms with Crippen LogP contribution < -0.4 is 9.64 Å². The fourth-order valence-corrected chi connectivity index (χ4v) is 5.59. The summed E-state index contributed by atoms with van der Waals surface area (Å²) in [6, 6.07) is 18.0. The predicted molar refractivity (Wildman–Crippen MR) is 143 cm³/mol. The van der Waals surface area contributed by atoms with Gasteiger partial charge in [-0.05, 0) is 54.4 Å². The summed E-state index contributed by atoms with van der Waals surface area (Å²) in [5.74, 6) is -1.34. The van der Waals surface area contributed by atoms with Crippen LogP contribution in [0.1, 0.15) is 30.5 Å². The van der Waals surface area contributed by atoms with Crippen molar-refractivity contribution in [1.82, 2.24) is 4.98 Å². The smallest absolute Gasteiger partial charge is 0.301 e. The third-order valence-electron chi connectivity index (χ3n) is 5.73. The van der Waals surface area contributed by atoms with Gasteiger partial charge >= 0.3 is 5.91 Å². The molecule has 0 aliphatic carbocycles. The number of rotatable bonds is 6. The second-order valence-electron chi connectivity index (χ2n) is 8.21. The Labute approximate surface area is 221 Å². The minimum absolute atomic E-state index is 0.0489. The molecule has 9 heteroatoms. The highest BCUT2D eigenvalue weighted by molar-refractivity contribution is 7.22. The third kappa shape index (κ3) is 4.46. The Morgan fingerprint density at radius 3 is 2.61 bits per heavy atom. The molecular weight excluding hydrogens is 519 g/mol. The molecule has 1 aromatic heterocycles. The summed E-state index contributed by atoms with van der Waals surface area (Å²) in [7, 11) is 0. The molecule has 1 unspecified atom stereocenters. The highest BCUT2D eigenvalue weighted by Gasteiger charge is 2.48. The van der Waals surface area contributed by atoms with Crippen molar-refractivity contribution in [2.75, 3.05) is 11.5 Å². The molecule has 2 heterocycles. The van der Waals surface area contributed by atoms with E-state index in [-0.39, 0.29) is 11.3 Å². The second kappa shape index (κ2) is 9.93. The number of carbonyl (C=O) groups excluding carboxylic acids is 2. The first-order chi connectivity index (χ1) is 17.4. The summed E-state index contributed by atoms with van der Waals surface area (Å²) in [5.41, 5.74) is 1.53. The number of aliphatic hydroxyl groups is 1. The molecule has 0 saturated carbocycles. The number of amides is 1. The van der Waals surface area contributed by atoms with E-state index in [0.717, 1.165) is 11.1 Å². The van der Waals surface area contributed by atoms with Crippen LogP contribution in [0.2, 0.25) is 10.0 Å². The molecule has 1 fully saturated rings. The standard InChI is InChI=1S/C27H20Cl2N2O4S/c1-2-11-35-19-8-4-6-16(13-19)24(32)22-23(15-5-3-7-17(28)12-15)31(26(34)25(22)33)27-30-20-10-9-18(29)14-21(20)36-27/h3-10,12-14,23,32H,2,11H2,1H3/b24-22+. The lowest BCUT2D eigenvalue weighted by atomic mass is 9.95. The monoisotopic (exact) mass is 538 g/mol. The molecule has 0 bridgehead atoms. The van der Waals surface area contributed by atoms with Crippen molar-refractivity contribution in [2.45, 2.75) is 19.4 Å². The lowest BCUT2D eigenvalue weighted by Gasteiger charge is -2.23. The number of carbonyl (C=O) groups is 2. The Kier molecular flexibility index (Phi) is 6.71. The van der Waals surface area contributed by atoms with Crippen molar-refractivity contribution in [1.29, 1.82) is 0 Å². The summed E-state index contributed by atoms with van der Waals surface area (Å²) in [6.07, 6.45) is 0.823. The number of Topliss-reactive ketones (excluding diaryl/α,β-unsaturated/α-hetero) is 1. The Hall–Kier alpha value is -3.39. The zero-order chi connectivity index (χ0) is 25.4. The van der Waals surface area contributed by atoms with Crippen molar-refractivity contribution < 1.29 is 19.4 Å². The molecule has 1 aliphatic rings. The number of benzene rings is 3. The van der Waals surface area contributed by atoms with Crippen LogP contribution in [0.15, 0.2) is 72.3 Å². The molecule has 36 heavy (non-hydrogen) atoms. The number of ether oxygens (including phenoxy) is 1. The molecule has 1 atom stereocenters. The van der Waals surface area contributed by atoms with Crippen LogP contribution in [0.3, 0.4) is 0 Å². The number of hydrogen-bond donors (Lipinski definition) is 1. The number of aliphatic hydroxyl groups excluding tert-OH is 1. The van der Waals surface area contributed by atoms with Crippen LogP contribution in [0, 0.1) is 0 Å². The number of nitrogens with zero attached hydrogens (tertiary/aromatic N) is 2. The molecule has 1 aliphatic heterocycles. The van der Waals surface area contributed by atoms with Gasteiger partial charge < -0.3 is 9.84 Å². The van der Waals surface area contributed by atoms with Gasteiger partial charge in [0.05, 0.1) is 28.4 Å². The van der Waals surface area contributed by atoms with Crippen LogP contribution in [-0.2, 0) is 9.59 Å². The van der Waals surface area contributed by atoms with Crippen LogP contribution in [0.5, 0.6) is 5.75 Å². The molecule has 1 saturated heterocycles. The summed E-state index contributed by atoms with van der Waals surface area (Å²) in [4.78, 5) is 32.7. The van der Waals surface area contributed by atoms with Crippen LogP contribution in [-0.4, -0.2) is 28.4 Å². The minimum Gasteiger partial charge on any atom is -0.507 e. The number of halogens is 2. The SMILES string of the molecule is CCCOc1cccc(/C(O)=C2\C(=O)C(=O)N(c3nc4ccc(Cl)cc4s3)C2c2cccc(Cl)c2)c1. The van der Waals surface area contributed by atoms with Gasteiger partial charge in [-0.15, -0.1) is 0 Å². The maximum absolute atomic E-state index is 13.4. The molecule has 182 valence electrons. The van der Waals surface area contributed by atoms with E-state index < -0.39 is 17.7 Å². The number of ketones is 1. The van der Waals surface area contributed by atoms with E-state index in [2.05, 4.69) is 4.98 Å². The Morgan fingerprint density at radius 2 is 1.83 bits per heavy atom. The first-order valence-corrected chi connectivity index (χ1v) is 12.8. The molecular formula is C27H20Cl2N2O4S. The van der Waals surface area contributed by atoms with Crippen LogP contribution in [0.25, 0.3) is 16.0 Å². The van der Waals surface area contributed by atoms with E-state index in [1.807, 2.05) is 6.92 Å². The van der Waals surface area contributed by atoms with Gasteiger partial charge in [-0.3, -0.25) is 14.5 Å². The first-order valence-electron chi connectivity index (χ1n) is 11.2. The summed E-state index contributed by atoms with van der Waals surface area (Å²) in [6.45, 7) is 2.50. The lowest BCUT2D eigenvalue weighted by molar-refractivity contribution is -0.132. The molecule has 0 spiro atoms. The fraction of sp³-hybridized carbons (Fsp3) is 0.148. The third-order valence-corrected chi connectivity index (χ3v) is 7.22. The highest BCUT2D eigenvalue weighted by Crippen LogP contribution is 2.45. The molecule has 0 radical (unpaired) electrons. The molecule has 3 aromatic carbocycles. The van der Waals surface area contributed by atoms with Crippen molar-refractivity contribution in [3.63, 3.8) is 0 Å². The van der Waals surface area contributed by atoms with Gasteiger partial charge in [-0.2, -0.15) is 0 Å². The molecule has 4 aromatic rings. The van der Waals surface area contributed by atoms with E-state index >= 15 is 0 Å². The topological polar surface area (TPSA) is 79.7 Å². The maximum atomic E-state index is 13.4. The highest BCUT2D eigenvalue weighted by atomic mass is 35.5. The molecule has 6 nitrogen and oxygen atoms in total. The first kappa shape index (κ1) is 24.3. The largest absolute Gasteiger partial charge is 0.507 e. The van der Waals surface area contributed by atoms with Crippen molar-refractivity contribution in [3.05, 3.63) is 93.5 Å². The number of hydrogen-bond acceptors (Lipinski definition) is 6. The molecule has 5 rings (SSSR count). The second-order valence-corrected chi connectivity index (χ2v) is 10.1. The molecule has 1 N–H and O–H groups in total. The fourth-order valence-electron chi connectivity index (χ4n) is 4.12. The normalized spacial score (nSPS) is 17.2. The number of anilines is 1. The van der Waals surface area contributed by atoms with Gasteiger partial charge in [0.25, 0.3) is 5.78 Å². The average Bonchev–Trinajstić information content (AvgIpc) is 3.40. The summed E-state index contributed by atoms with van der Waals surface area (Å²) >= 11 is 13.6. The van der Waals surface area contributed by atoms with Gasteiger partial charge in [0, 0.05) is 15.6 Å². The Balaban J connectivity index is 1.69. The quantitative estimate of drug-likeness (QED) is 0.162. The van der Waals surface area contributed by atoms with Gasteiger partial charge in [-0.25, -0.2) is 4.98 Å². The van der Waals surface area contributed by atoms with Gasteiger partial charge in [0.2, 0.25) is 0 Å². The zero-order valence-corrected chi connectivity index (χ0v) is 21.4. The van der Waals surface area contributed by atoms with Crippen molar-refractivity contribution in [2.24, 2.45) is 0 Å². The van der Waals surface area contributed by atoms with Crippen molar-refractivity contribution >= 4 is 67.3 Å². The van der Waals surface area contributed by atoms with Crippen molar-refractivity contribution in [3.8, 4) is 5.75 Å². The molecule has 1 amide bonds. The van der Waals surface area contributed by atoms with Crippen LogP contribution >= 0.6 is 34.5 Å². The van der Waals surface area contributed by atoms with Gasteiger partial charge in [-0.1, -0.05) is 65.7 Å². The summed E-state index contributed by atoms with van der Waals surface area (Å²) < 4.78 is 6.45. The van der Waals surface area contributed by atoms with E-state index in [0.29, 0.717) is 44.2 Å². The average molecular weight is 539 g/mol. The van der Waals surface area contributed by atoms with E-state index in [1.54, 1.807) is 66.7 Å². The van der Waals surface area contributed by atoms with Gasteiger partial charge in [0.1, 0.15) is 11.5 Å². The number of thiazole rings is 1. The Morgan fingerprint density at radius 1 is 1.06 bits per heavy atom. The van der Waals surface area contributed by atoms with E-state index in [4.69, 9.17) is 27.9 Å². The maximum Gasteiger partial charge on any atom is 0.301 e. The lowest BCUT2D eigenvalue weighted by Crippen LogP contribution is -2.29. The Bertz CT molecular complexity index is 1530. The van der Waals surface area contributed by atoms with Crippen LogP contribution in [0.4, 0.5) is 5.13 Å². The minimum atomic E-state index is -0.931. The van der Waals surface area contributed by atoms with E-state index in [9.17, 15) is 14.7 Å².